The van der Waals surface area contributed by atoms with Gasteiger partial charge in [-0.3, -0.25) is 8.42 Å². The average molecular weight is 354 g/mol. The summed E-state index contributed by atoms with van der Waals surface area (Å²) >= 11 is 0. The van der Waals surface area contributed by atoms with E-state index in [0.29, 0.717) is 0 Å². The van der Waals surface area contributed by atoms with Crippen molar-refractivity contribution >= 4 is 59.3 Å². The van der Waals surface area contributed by atoms with Crippen LogP contribution in [0, 0.1) is 20.8 Å². The molecule has 0 saturated carbocycles. The zero-order valence-electron chi connectivity index (χ0n) is 8.98. The standard InChI is InChI=1S/C9H12.Ba.H2O4S/c1-7-5-4-6-8(2)9(7)3;;1-5(2,3)4/h4-6H,1-3H3;;(H2,1,2,3,4)/q;+2;/p-2. The summed E-state index contributed by atoms with van der Waals surface area (Å²) in [6.45, 7) is 6.44. The number of hydrogen-bond donors (Lipinski definition) is 0. The molecule has 0 heterocycles. The van der Waals surface area contributed by atoms with Gasteiger partial charge in [0.1, 0.15) is 0 Å². The molecule has 0 saturated heterocycles. The molecule has 0 spiro atoms. The van der Waals surface area contributed by atoms with E-state index in [4.69, 9.17) is 17.5 Å². The van der Waals surface area contributed by atoms with Crippen molar-refractivity contribution < 1.29 is 17.5 Å². The van der Waals surface area contributed by atoms with E-state index in [0.717, 1.165) is 0 Å². The van der Waals surface area contributed by atoms with Crippen LogP contribution in [-0.2, 0) is 10.4 Å². The Kier molecular flexibility index (Phi) is 9.45. The molecule has 0 amide bonds. The molecule has 0 aliphatic carbocycles. The quantitative estimate of drug-likeness (QED) is 0.394. The Morgan fingerprint density at radius 3 is 1.47 bits per heavy atom. The monoisotopic (exact) mass is 354 g/mol. The summed E-state index contributed by atoms with van der Waals surface area (Å²) in [5.41, 5.74) is 4.18. The summed E-state index contributed by atoms with van der Waals surface area (Å²) in [6.07, 6.45) is 0. The third-order valence-corrected chi connectivity index (χ3v) is 1.88. The van der Waals surface area contributed by atoms with Crippen molar-refractivity contribution in [2.75, 3.05) is 0 Å². The fourth-order valence-electron chi connectivity index (χ4n) is 0.898. The van der Waals surface area contributed by atoms with Gasteiger partial charge in [0.25, 0.3) is 0 Å². The molecule has 0 fully saturated rings. The maximum atomic E-state index is 8.52. The first-order valence-electron chi connectivity index (χ1n) is 3.91. The minimum Gasteiger partial charge on any atom is -0.759 e. The Morgan fingerprint density at radius 1 is 1.00 bits per heavy atom. The van der Waals surface area contributed by atoms with Crippen molar-refractivity contribution in [2.45, 2.75) is 20.8 Å². The van der Waals surface area contributed by atoms with Crippen LogP contribution in [-0.4, -0.2) is 66.4 Å². The molecule has 0 aliphatic heterocycles. The zero-order chi connectivity index (χ0) is 11.4. The predicted molar refractivity (Wildman–Crippen MR) is 56.9 cm³/mol. The number of benzene rings is 1. The van der Waals surface area contributed by atoms with Gasteiger partial charge in [-0.15, -0.1) is 0 Å². The maximum Gasteiger partial charge on any atom is 2.00 e. The van der Waals surface area contributed by atoms with Gasteiger partial charge in [-0.1, -0.05) is 18.2 Å². The van der Waals surface area contributed by atoms with Gasteiger partial charge in [-0.05, 0) is 37.5 Å². The van der Waals surface area contributed by atoms with E-state index in [1.807, 2.05) is 0 Å². The number of aryl methyl sites for hydroxylation is 2. The molecule has 0 bridgehead atoms. The van der Waals surface area contributed by atoms with Gasteiger partial charge in [-0.2, -0.15) is 0 Å². The minimum absolute atomic E-state index is 0. The van der Waals surface area contributed by atoms with Crippen molar-refractivity contribution in [3.63, 3.8) is 0 Å². The summed E-state index contributed by atoms with van der Waals surface area (Å²) in [7, 11) is -5.17. The molecule has 15 heavy (non-hydrogen) atoms. The molecule has 0 radical (unpaired) electrons. The van der Waals surface area contributed by atoms with Gasteiger partial charge in [0, 0.05) is 10.4 Å². The molecule has 0 unspecified atom stereocenters. The van der Waals surface area contributed by atoms with Gasteiger partial charge in [-0.25, -0.2) is 0 Å². The third-order valence-electron chi connectivity index (χ3n) is 1.88. The van der Waals surface area contributed by atoms with Crippen LogP contribution >= 0.6 is 0 Å². The first-order valence-corrected chi connectivity index (χ1v) is 5.24. The first kappa shape index (κ1) is 18.0. The second-order valence-corrected chi connectivity index (χ2v) is 3.74. The minimum atomic E-state index is -5.17. The van der Waals surface area contributed by atoms with Gasteiger partial charge in [0.2, 0.25) is 0 Å². The van der Waals surface area contributed by atoms with Crippen LogP contribution < -0.4 is 0 Å². The molecule has 1 aromatic carbocycles. The molecule has 0 aromatic heterocycles. The molecule has 6 heteroatoms. The van der Waals surface area contributed by atoms with Crippen LogP contribution in [0.15, 0.2) is 18.2 Å². The van der Waals surface area contributed by atoms with Crippen LogP contribution in [0.25, 0.3) is 0 Å². The summed E-state index contributed by atoms with van der Waals surface area (Å²) in [5, 5.41) is 0. The molecule has 0 aliphatic rings. The predicted octanol–water partition coefficient (Wildman–Crippen LogP) is 0.893. The molecular weight excluding hydrogens is 341 g/mol. The normalized spacial score (nSPS) is 9.67. The SMILES string of the molecule is Cc1cccc(C)c1C.O=S(=O)([O-])[O-].[Ba+2]. The van der Waals surface area contributed by atoms with Crippen LogP contribution in [0.5, 0.6) is 0 Å². The Hall–Kier alpha value is 0.661. The summed E-state index contributed by atoms with van der Waals surface area (Å²) < 4.78 is 34.1. The van der Waals surface area contributed by atoms with Crippen LogP contribution in [0.1, 0.15) is 16.7 Å². The van der Waals surface area contributed by atoms with Gasteiger partial charge in [0.05, 0.1) is 0 Å². The second kappa shape index (κ2) is 7.86. The van der Waals surface area contributed by atoms with E-state index >= 15 is 0 Å². The molecule has 80 valence electrons. The average Bonchev–Trinajstić information content (AvgIpc) is 1.97. The Balaban J connectivity index is 0. The first-order chi connectivity index (χ1) is 6.22. The molecule has 1 aromatic rings. The maximum absolute atomic E-state index is 8.52. The Labute approximate surface area is 131 Å². The van der Waals surface area contributed by atoms with E-state index in [1.165, 1.54) is 16.7 Å². The summed E-state index contributed by atoms with van der Waals surface area (Å²) in [4.78, 5) is 0. The summed E-state index contributed by atoms with van der Waals surface area (Å²) in [5.74, 6) is 0. The van der Waals surface area contributed by atoms with Crippen molar-refractivity contribution in [3.8, 4) is 0 Å². The fraction of sp³-hybridized carbons (Fsp3) is 0.333. The Morgan fingerprint density at radius 2 is 1.27 bits per heavy atom. The molecule has 0 N–H and O–H groups in total. The van der Waals surface area contributed by atoms with Crippen LogP contribution in [0.3, 0.4) is 0 Å². The number of hydrogen-bond acceptors (Lipinski definition) is 4. The van der Waals surface area contributed by atoms with Crippen LogP contribution in [0.4, 0.5) is 0 Å². The van der Waals surface area contributed by atoms with Crippen molar-refractivity contribution in [3.05, 3.63) is 34.9 Å². The topological polar surface area (TPSA) is 80.3 Å². The number of rotatable bonds is 0. The van der Waals surface area contributed by atoms with Crippen molar-refractivity contribution in [1.82, 2.24) is 0 Å². The fourth-order valence-corrected chi connectivity index (χ4v) is 0.898. The summed E-state index contributed by atoms with van der Waals surface area (Å²) in [6, 6.07) is 6.38. The van der Waals surface area contributed by atoms with Gasteiger partial charge < -0.3 is 9.11 Å². The van der Waals surface area contributed by atoms with E-state index in [9.17, 15) is 0 Å². The largest absolute Gasteiger partial charge is 2.00 e. The van der Waals surface area contributed by atoms with Crippen LogP contribution in [0.2, 0.25) is 0 Å². The molecule has 4 nitrogen and oxygen atoms in total. The zero-order valence-corrected chi connectivity index (χ0v) is 14.2. The third kappa shape index (κ3) is 10.9. The van der Waals surface area contributed by atoms with E-state index in [-0.39, 0.29) is 48.9 Å². The smallest absolute Gasteiger partial charge is 0.759 e. The molecular formula is C9H12BaO4S. The van der Waals surface area contributed by atoms with E-state index < -0.39 is 10.4 Å². The molecule has 0 atom stereocenters. The van der Waals surface area contributed by atoms with E-state index in [2.05, 4.69) is 39.0 Å². The van der Waals surface area contributed by atoms with E-state index in [1.54, 1.807) is 0 Å². The second-order valence-electron chi connectivity index (χ2n) is 2.93. The molecule has 1 rings (SSSR count). The Bertz CT molecular complexity index is 372. The van der Waals surface area contributed by atoms with Crippen molar-refractivity contribution in [2.24, 2.45) is 0 Å². The van der Waals surface area contributed by atoms with Gasteiger partial charge >= 0.3 is 48.9 Å². The van der Waals surface area contributed by atoms with Crippen molar-refractivity contribution in [1.29, 1.82) is 0 Å². The van der Waals surface area contributed by atoms with Gasteiger partial charge in [0.15, 0.2) is 0 Å².